The Bertz CT molecular complexity index is 1750. The van der Waals surface area contributed by atoms with Crippen LogP contribution in [-0.4, -0.2) is 34.9 Å². The van der Waals surface area contributed by atoms with Crippen LogP contribution in [0.2, 0.25) is 0 Å². The highest BCUT2D eigenvalue weighted by Gasteiger charge is 2.34. The topological polar surface area (TPSA) is 15.7 Å². The Kier molecular flexibility index (Phi) is 4.50. The molecule has 6 aromatic rings. The summed E-state index contributed by atoms with van der Waals surface area (Å²) in [6.45, 7) is 0.109. The maximum absolute atomic E-state index is 6.59. The van der Waals surface area contributed by atoms with Gasteiger partial charge in [-0.25, -0.2) is 0 Å². The van der Waals surface area contributed by atoms with Crippen molar-refractivity contribution >= 4 is 66.8 Å². The highest BCUT2D eigenvalue weighted by molar-refractivity contribution is 6.98. The molecular formula is C32H27BN2O. The van der Waals surface area contributed by atoms with E-state index in [0.717, 1.165) is 11.5 Å². The van der Waals surface area contributed by atoms with Crippen LogP contribution in [0.3, 0.4) is 0 Å². The van der Waals surface area contributed by atoms with E-state index in [1.807, 2.05) is 0 Å². The van der Waals surface area contributed by atoms with Crippen molar-refractivity contribution < 1.29 is 4.74 Å². The Labute approximate surface area is 211 Å². The van der Waals surface area contributed by atoms with E-state index in [-0.39, 0.29) is 6.71 Å². The molecule has 6 aromatic carbocycles. The Morgan fingerprint density at radius 2 is 1.22 bits per heavy atom. The van der Waals surface area contributed by atoms with E-state index in [1.165, 1.54) is 60.1 Å². The Morgan fingerprint density at radius 3 is 1.94 bits per heavy atom. The first-order valence-electron chi connectivity index (χ1n) is 12.5. The van der Waals surface area contributed by atoms with E-state index >= 15 is 0 Å². The predicted octanol–water partition coefficient (Wildman–Crippen LogP) is 5.34. The first kappa shape index (κ1) is 21.1. The molecule has 0 saturated carbocycles. The van der Waals surface area contributed by atoms with Gasteiger partial charge in [-0.05, 0) is 45.3 Å². The van der Waals surface area contributed by atoms with Crippen molar-refractivity contribution in [3.63, 3.8) is 0 Å². The summed E-state index contributed by atoms with van der Waals surface area (Å²) in [7, 11) is 8.51. The number of rotatable bonds is 3. The van der Waals surface area contributed by atoms with Crippen LogP contribution in [-0.2, 0) is 0 Å². The minimum atomic E-state index is 0.109. The van der Waals surface area contributed by atoms with E-state index in [9.17, 15) is 0 Å². The number of fused-ring (bicyclic) bond motifs is 3. The lowest BCUT2D eigenvalue weighted by Gasteiger charge is -2.30. The molecule has 174 valence electrons. The molecule has 0 bridgehead atoms. The SMILES string of the molecule is CN(C)c1cc(N(C)C)c2ccc3c4c(cc5ccc1c2c53)Oc1ccccc1B4c1ccccc1. The van der Waals surface area contributed by atoms with E-state index < -0.39 is 0 Å². The van der Waals surface area contributed by atoms with Crippen LogP contribution in [0.25, 0.3) is 32.3 Å². The van der Waals surface area contributed by atoms with Crippen LogP contribution in [0.1, 0.15) is 0 Å². The zero-order valence-corrected chi connectivity index (χ0v) is 21.0. The Morgan fingerprint density at radius 1 is 0.583 bits per heavy atom. The molecule has 36 heavy (non-hydrogen) atoms. The molecule has 0 spiro atoms. The highest BCUT2D eigenvalue weighted by atomic mass is 16.5. The van der Waals surface area contributed by atoms with Gasteiger partial charge in [0, 0.05) is 55.7 Å². The van der Waals surface area contributed by atoms with E-state index in [2.05, 4.69) is 129 Å². The molecule has 0 saturated heterocycles. The van der Waals surface area contributed by atoms with Gasteiger partial charge in [0.15, 0.2) is 0 Å². The van der Waals surface area contributed by atoms with Gasteiger partial charge in [0.25, 0.3) is 6.71 Å². The average molecular weight is 466 g/mol. The molecule has 0 radical (unpaired) electrons. The molecule has 0 aromatic heterocycles. The first-order valence-corrected chi connectivity index (χ1v) is 12.5. The molecule has 1 heterocycles. The third-order valence-corrected chi connectivity index (χ3v) is 7.70. The molecule has 1 aliphatic rings. The lowest BCUT2D eigenvalue weighted by Crippen LogP contribution is -2.55. The van der Waals surface area contributed by atoms with E-state index in [0.29, 0.717) is 0 Å². The summed E-state index contributed by atoms with van der Waals surface area (Å²) in [6, 6.07) is 33.0. The summed E-state index contributed by atoms with van der Waals surface area (Å²) >= 11 is 0. The maximum atomic E-state index is 6.59. The number of hydrogen-bond acceptors (Lipinski definition) is 3. The number of nitrogens with zero attached hydrogens (tertiary/aromatic N) is 2. The molecule has 0 aliphatic carbocycles. The van der Waals surface area contributed by atoms with Crippen LogP contribution in [0.15, 0.2) is 91.0 Å². The van der Waals surface area contributed by atoms with E-state index in [4.69, 9.17) is 4.74 Å². The molecule has 4 heteroatoms. The number of ether oxygens (including phenoxy) is 1. The predicted molar refractivity (Wildman–Crippen MR) is 156 cm³/mol. The second kappa shape index (κ2) is 7.66. The molecule has 1 aliphatic heterocycles. The van der Waals surface area contributed by atoms with Gasteiger partial charge in [-0.3, -0.25) is 0 Å². The van der Waals surface area contributed by atoms with Crippen molar-refractivity contribution in [3.8, 4) is 11.5 Å². The van der Waals surface area contributed by atoms with Crippen LogP contribution in [0.4, 0.5) is 11.4 Å². The summed E-state index contributed by atoms with van der Waals surface area (Å²) in [6.07, 6.45) is 0. The van der Waals surface area contributed by atoms with Gasteiger partial charge in [0.05, 0.1) is 0 Å². The van der Waals surface area contributed by atoms with Crippen molar-refractivity contribution in [3.05, 3.63) is 91.0 Å². The van der Waals surface area contributed by atoms with Crippen molar-refractivity contribution in [2.75, 3.05) is 38.0 Å². The summed E-state index contributed by atoms with van der Waals surface area (Å²) in [5, 5.41) is 7.70. The number of anilines is 2. The van der Waals surface area contributed by atoms with Crippen molar-refractivity contribution in [1.29, 1.82) is 0 Å². The van der Waals surface area contributed by atoms with Crippen LogP contribution < -0.4 is 30.9 Å². The lowest BCUT2D eigenvalue weighted by atomic mass is 9.35. The first-order chi connectivity index (χ1) is 17.5. The standard InChI is InChI=1S/C32H27BN2O/c1-34(2)26-19-27(35(3)4)23-16-17-24-30-20(14-15-22(26)31(23)30)18-29-32(24)33(21-10-6-5-7-11-21)25-12-8-9-13-28(25)36-29/h5-19H,1-4H3. The van der Waals surface area contributed by atoms with Gasteiger partial charge < -0.3 is 14.5 Å². The molecule has 3 nitrogen and oxygen atoms in total. The molecule has 0 fully saturated rings. The zero-order valence-electron chi connectivity index (χ0n) is 21.0. The minimum absolute atomic E-state index is 0.109. The van der Waals surface area contributed by atoms with Crippen molar-refractivity contribution in [2.24, 2.45) is 0 Å². The third-order valence-electron chi connectivity index (χ3n) is 7.70. The summed E-state index contributed by atoms with van der Waals surface area (Å²) in [5.74, 6) is 1.89. The second-order valence-corrected chi connectivity index (χ2v) is 10.2. The monoisotopic (exact) mass is 466 g/mol. The largest absolute Gasteiger partial charge is 0.458 e. The summed E-state index contributed by atoms with van der Waals surface area (Å²) in [5.41, 5.74) is 6.23. The van der Waals surface area contributed by atoms with Gasteiger partial charge >= 0.3 is 0 Å². The van der Waals surface area contributed by atoms with Crippen LogP contribution in [0.5, 0.6) is 11.5 Å². The number of benzene rings is 6. The van der Waals surface area contributed by atoms with Crippen molar-refractivity contribution in [1.82, 2.24) is 0 Å². The molecule has 0 atom stereocenters. The molecular weight excluding hydrogens is 439 g/mol. The fourth-order valence-electron chi connectivity index (χ4n) is 6.13. The molecule has 0 amide bonds. The van der Waals surface area contributed by atoms with Gasteiger partial charge in [-0.1, -0.05) is 78.3 Å². The van der Waals surface area contributed by atoms with E-state index in [1.54, 1.807) is 0 Å². The molecule has 0 N–H and O–H groups in total. The lowest BCUT2D eigenvalue weighted by molar-refractivity contribution is 0.488. The van der Waals surface area contributed by atoms with Gasteiger partial charge in [0.2, 0.25) is 0 Å². The van der Waals surface area contributed by atoms with Crippen LogP contribution >= 0.6 is 0 Å². The maximum Gasteiger partial charge on any atom is 0.251 e. The third kappa shape index (κ3) is 2.88. The fourth-order valence-corrected chi connectivity index (χ4v) is 6.13. The Balaban J connectivity index is 1.65. The van der Waals surface area contributed by atoms with Gasteiger partial charge in [-0.15, -0.1) is 0 Å². The van der Waals surface area contributed by atoms with Gasteiger partial charge in [-0.2, -0.15) is 0 Å². The normalized spacial score (nSPS) is 12.6. The zero-order chi connectivity index (χ0) is 24.6. The summed E-state index contributed by atoms with van der Waals surface area (Å²) in [4.78, 5) is 4.45. The Hall–Kier alpha value is -4.18. The average Bonchev–Trinajstić information content (AvgIpc) is 2.89. The van der Waals surface area contributed by atoms with Crippen LogP contribution in [0, 0.1) is 0 Å². The fraction of sp³-hybridized carbons (Fsp3) is 0.125. The smallest absolute Gasteiger partial charge is 0.251 e. The van der Waals surface area contributed by atoms with Crippen molar-refractivity contribution in [2.45, 2.75) is 0 Å². The quantitative estimate of drug-likeness (QED) is 0.258. The molecule has 0 unspecified atom stereocenters. The summed E-state index contributed by atoms with van der Waals surface area (Å²) < 4.78 is 6.59. The second-order valence-electron chi connectivity index (χ2n) is 10.2. The number of hydrogen-bond donors (Lipinski definition) is 0. The number of para-hydroxylation sites is 1. The minimum Gasteiger partial charge on any atom is -0.458 e. The molecule has 7 rings (SSSR count). The highest BCUT2D eigenvalue weighted by Crippen LogP contribution is 2.44. The van der Waals surface area contributed by atoms with Gasteiger partial charge in [0.1, 0.15) is 11.5 Å².